The van der Waals surface area contributed by atoms with Crippen LogP contribution in [0.4, 0.5) is 0 Å². The third-order valence-corrected chi connectivity index (χ3v) is 3.55. The van der Waals surface area contributed by atoms with Gasteiger partial charge < -0.3 is 10.1 Å². The minimum Gasteiger partial charge on any atom is -0.341 e. The fourth-order valence-electron chi connectivity index (χ4n) is 2.41. The highest BCUT2D eigenvalue weighted by Crippen LogP contribution is 2.16. The van der Waals surface area contributed by atoms with Crippen LogP contribution in [0.15, 0.2) is 61.1 Å². The molecule has 0 aliphatic rings. The van der Waals surface area contributed by atoms with E-state index in [0.29, 0.717) is 6.42 Å². The fraction of sp³-hybridized carbons (Fsp3) is 0.111. The zero-order valence-electron chi connectivity index (χ0n) is 12.3. The molecular formula is C18H15N3O2. The zero-order chi connectivity index (χ0) is 16.1. The molecule has 0 unspecified atom stereocenters. The van der Waals surface area contributed by atoms with Crippen molar-refractivity contribution in [1.82, 2.24) is 15.3 Å². The van der Waals surface area contributed by atoms with Crippen molar-refractivity contribution in [2.75, 3.05) is 0 Å². The molecule has 0 spiro atoms. The summed E-state index contributed by atoms with van der Waals surface area (Å²) in [5, 5.41) is 4.92. The Kier molecular flexibility index (Phi) is 4.38. The average Bonchev–Trinajstić information content (AvgIpc) is 2.61. The van der Waals surface area contributed by atoms with E-state index in [1.54, 1.807) is 0 Å². The Morgan fingerprint density at radius 3 is 2.70 bits per heavy atom. The minimum absolute atomic E-state index is 0.192. The van der Waals surface area contributed by atoms with Crippen molar-refractivity contribution < 1.29 is 9.59 Å². The van der Waals surface area contributed by atoms with Gasteiger partial charge in [-0.1, -0.05) is 42.5 Å². The molecule has 2 aromatic carbocycles. The van der Waals surface area contributed by atoms with Crippen LogP contribution in [0.2, 0.25) is 0 Å². The van der Waals surface area contributed by atoms with Crippen LogP contribution in [0.3, 0.4) is 0 Å². The molecule has 3 aromatic rings. The topological polar surface area (TPSA) is 72.0 Å². The number of hydrogen-bond acceptors (Lipinski definition) is 4. The molecule has 1 amide bonds. The molecule has 5 nitrogen and oxygen atoms in total. The van der Waals surface area contributed by atoms with Crippen LogP contribution in [-0.4, -0.2) is 28.2 Å². The third-order valence-electron chi connectivity index (χ3n) is 3.55. The second-order valence-corrected chi connectivity index (χ2v) is 5.19. The van der Waals surface area contributed by atoms with Crippen molar-refractivity contribution in [1.29, 1.82) is 0 Å². The molecule has 3 rings (SSSR count). The maximum atomic E-state index is 12.0. The number of carbonyl (C=O) groups is 2. The Morgan fingerprint density at radius 1 is 1.13 bits per heavy atom. The summed E-state index contributed by atoms with van der Waals surface area (Å²) in [5.41, 5.74) is 1.18. The van der Waals surface area contributed by atoms with Crippen LogP contribution in [0, 0.1) is 0 Å². The van der Waals surface area contributed by atoms with Crippen LogP contribution < -0.4 is 5.32 Å². The summed E-state index contributed by atoms with van der Waals surface area (Å²) in [6.45, 7) is 0. The monoisotopic (exact) mass is 305 g/mol. The summed E-state index contributed by atoms with van der Waals surface area (Å²) in [7, 11) is 0. The SMILES string of the molecule is O=C[C@H](Cc1ccc2ccccc2c1)NC(=O)c1cnccn1. The van der Waals surface area contributed by atoms with Gasteiger partial charge in [-0.15, -0.1) is 0 Å². The van der Waals surface area contributed by atoms with E-state index in [0.717, 1.165) is 22.6 Å². The van der Waals surface area contributed by atoms with Crippen molar-refractivity contribution in [3.63, 3.8) is 0 Å². The van der Waals surface area contributed by atoms with Gasteiger partial charge in [-0.2, -0.15) is 0 Å². The van der Waals surface area contributed by atoms with Crippen LogP contribution >= 0.6 is 0 Å². The van der Waals surface area contributed by atoms with Gasteiger partial charge in [0.25, 0.3) is 5.91 Å². The number of benzene rings is 2. The lowest BCUT2D eigenvalue weighted by molar-refractivity contribution is -0.109. The van der Waals surface area contributed by atoms with Crippen LogP contribution in [-0.2, 0) is 11.2 Å². The number of carbonyl (C=O) groups excluding carboxylic acids is 2. The van der Waals surface area contributed by atoms with Crippen molar-refractivity contribution in [3.8, 4) is 0 Å². The Balaban J connectivity index is 1.73. The number of aromatic nitrogens is 2. The van der Waals surface area contributed by atoms with Gasteiger partial charge in [-0.3, -0.25) is 9.78 Å². The first-order valence-corrected chi connectivity index (χ1v) is 7.26. The Hall–Kier alpha value is -3.08. The van der Waals surface area contributed by atoms with E-state index in [2.05, 4.69) is 15.3 Å². The van der Waals surface area contributed by atoms with Gasteiger partial charge in [0.1, 0.15) is 12.0 Å². The predicted octanol–water partition coefficient (Wildman–Crippen LogP) is 2.17. The molecule has 1 atom stereocenters. The minimum atomic E-state index is -0.606. The van der Waals surface area contributed by atoms with E-state index in [1.807, 2.05) is 42.5 Å². The lowest BCUT2D eigenvalue weighted by atomic mass is 10.0. The lowest BCUT2D eigenvalue weighted by Gasteiger charge is -2.13. The van der Waals surface area contributed by atoms with E-state index in [-0.39, 0.29) is 5.69 Å². The standard InChI is InChI=1S/C18H15N3O2/c22-12-16(21-18(23)17-11-19-7-8-20-17)10-13-5-6-14-3-1-2-4-15(14)9-13/h1-9,11-12,16H,10H2,(H,21,23)/t16-/m0/s1. The highest BCUT2D eigenvalue weighted by atomic mass is 16.2. The zero-order valence-corrected chi connectivity index (χ0v) is 12.3. The lowest BCUT2D eigenvalue weighted by Crippen LogP contribution is -2.38. The predicted molar refractivity (Wildman–Crippen MR) is 87.0 cm³/mol. The molecule has 0 aliphatic carbocycles. The first-order valence-electron chi connectivity index (χ1n) is 7.26. The third kappa shape index (κ3) is 3.58. The molecule has 0 saturated heterocycles. The molecule has 0 radical (unpaired) electrons. The van der Waals surface area contributed by atoms with E-state index in [4.69, 9.17) is 0 Å². The summed E-state index contributed by atoms with van der Waals surface area (Å²) in [4.78, 5) is 31.1. The van der Waals surface area contributed by atoms with Gasteiger partial charge in [0.2, 0.25) is 0 Å². The second-order valence-electron chi connectivity index (χ2n) is 5.19. The normalized spacial score (nSPS) is 11.8. The summed E-state index contributed by atoms with van der Waals surface area (Å²) >= 11 is 0. The number of nitrogens with one attached hydrogen (secondary N) is 1. The first kappa shape index (κ1) is 14.8. The molecule has 5 heteroatoms. The molecule has 0 aliphatic heterocycles. The Morgan fingerprint density at radius 2 is 1.96 bits per heavy atom. The van der Waals surface area contributed by atoms with Crippen LogP contribution in [0.5, 0.6) is 0 Å². The van der Waals surface area contributed by atoms with Gasteiger partial charge in [0.05, 0.1) is 12.2 Å². The van der Waals surface area contributed by atoms with Crippen molar-refractivity contribution >= 4 is 23.0 Å². The summed E-state index contributed by atoms with van der Waals surface area (Å²) < 4.78 is 0. The van der Waals surface area contributed by atoms with Crippen molar-refractivity contribution in [2.24, 2.45) is 0 Å². The van der Waals surface area contributed by atoms with Crippen molar-refractivity contribution in [2.45, 2.75) is 12.5 Å². The highest BCUT2D eigenvalue weighted by molar-refractivity contribution is 5.93. The first-order chi connectivity index (χ1) is 11.3. The number of rotatable bonds is 5. The van der Waals surface area contributed by atoms with Gasteiger partial charge in [-0.25, -0.2) is 4.98 Å². The van der Waals surface area contributed by atoms with Gasteiger partial charge >= 0.3 is 0 Å². The Labute approximate surface area is 133 Å². The van der Waals surface area contributed by atoms with Crippen LogP contribution in [0.1, 0.15) is 16.1 Å². The summed E-state index contributed by atoms with van der Waals surface area (Å²) in [5.74, 6) is -0.406. The molecule has 0 bridgehead atoms. The number of aldehydes is 1. The Bertz CT molecular complexity index is 834. The fourth-order valence-corrected chi connectivity index (χ4v) is 2.41. The van der Waals surface area contributed by atoms with Gasteiger partial charge in [0.15, 0.2) is 0 Å². The smallest absolute Gasteiger partial charge is 0.272 e. The molecule has 1 aromatic heterocycles. The number of nitrogens with zero attached hydrogens (tertiary/aromatic N) is 2. The van der Waals surface area contributed by atoms with E-state index < -0.39 is 11.9 Å². The molecule has 1 N–H and O–H groups in total. The number of amides is 1. The molecule has 114 valence electrons. The molecule has 0 saturated carbocycles. The van der Waals surface area contributed by atoms with E-state index in [9.17, 15) is 9.59 Å². The molecule has 0 fully saturated rings. The maximum Gasteiger partial charge on any atom is 0.272 e. The van der Waals surface area contributed by atoms with E-state index in [1.165, 1.54) is 18.6 Å². The second kappa shape index (κ2) is 6.79. The quantitative estimate of drug-likeness (QED) is 0.733. The van der Waals surface area contributed by atoms with Crippen LogP contribution in [0.25, 0.3) is 10.8 Å². The largest absolute Gasteiger partial charge is 0.341 e. The van der Waals surface area contributed by atoms with Crippen molar-refractivity contribution in [3.05, 3.63) is 72.3 Å². The summed E-state index contributed by atoms with van der Waals surface area (Å²) in [6.07, 6.45) is 5.47. The van der Waals surface area contributed by atoms with Gasteiger partial charge in [0, 0.05) is 12.4 Å². The average molecular weight is 305 g/mol. The maximum absolute atomic E-state index is 12.0. The summed E-state index contributed by atoms with van der Waals surface area (Å²) in [6, 6.07) is 13.4. The number of fused-ring (bicyclic) bond motifs is 1. The van der Waals surface area contributed by atoms with E-state index >= 15 is 0 Å². The molecular weight excluding hydrogens is 290 g/mol. The molecule has 1 heterocycles. The number of hydrogen-bond donors (Lipinski definition) is 1. The van der Waals surface area contributed by atoms with Gasteiger partial charge in [-0.05, 0) is 22.8 Å². The highest BCUT2D eigenvalue weighted by Gasteiger charge is 2.14. The molecule has 23 heavy (non-hydrogen) atoms.